The van der Waals surface area contributed by atoms with E-state index in [2.05, 4.69) is 60.1 Å². The molecule has 1 aromatic carbocycles. The number of pyridine rings is 1. The minimum absolute atomic E-state index is 0.0712. The van der Waals surface area contributed by atoms with Crippen molar-refractivity contribution in [3.05, 3.63) is 41.6 Å². The first-order chi connectivity index (χ1) is 14.6. The molecule has 0 bridgehead atoms. The van der Waals surface area contributed by atoms with Crippen molar-refractivity contribution in [3.63, 3.8) is 0 Å². The van der Waals surface area contributed by atoms with Gasteiger partial charge in [0.25, 0.3) is 0 Å². The average Bonchev–Trinajstić information content (AvgIpc) is 2.70. The highest BCUT2D eigenvalue weighted by atomic mass is 35.5. The number of hydrogen-bond acceptors (Lipinski definition) is 6. The maximum Gasteiger partial charge on any atom is 0.151 e. The summed E-state index contributed by atoms with van der Waals surface area (Å²) >= 11 is 6.13. The smallest absolute Gasteiger partial charge is 0.151 e. The number of methoxy groups -OCH3 is 1. The molecule has 0 unspecified atom stereocenters. The summed E-state index contributed by atoms with van der Waals surface area (Å²) < 4.78 is 5.60. The molecule has 0 amide bonds. The van der Waals surface area contributed by atoms with Crippen LogP contribution in [-0.2, 0) is 0 Å². The van der Waals surface area contributed by atoms with Crippen molar-refractivity contribution in [2.45, 2.75) is 57.7 Å². The lowest BCUT2D eigenvalue weighted by molar-refractivity contribution is 0.160. The molecule has 1 N–H and O–H groups in total. The highest BCUT2D eigenvalue weighted by Gasteiger charge is 2.39. The van der Waals surface area contributed by atoms with Crippen molar-refractivity contribution in [1.82, 2.24) is 20.5 Å². The lowest BCUT2D eigenvalue weighted by Crippen LogP contribution is -2.62. The molecular formula is C24H30ClN5O. The molecule has 1 aliphatic heterocycles. The maximum atomic E-state index is 6.13. The number of aromatic nitrogens is 3. The molecule has 1 aliphatic rings. The zero-order valence-corrected chi connectivity index (χ0v) is 19.8. The van der Waals surface area contributed by atoms with Crippen molar-refractivity contribution in [2.24, 2.45) is 0 Å². The van der Waals surface area contributed by atoms with E-state index in [9.17, 15) is 0 Å². The van der Waals surface area contributed by atoms with Gasteiger partial charge in [0.2, 0.25) is 0 Å². The van der Waals surface area contributed by atoms with Crippen LogP contribution in [-0.4, -0.2) is 46.5 Å². The summed E-state index contributed by atoms with van der Waals surface area (Å²) in [6.07, 6.45) is 3.72. The van der Waals surface area contributed by atoms with Crippen LogP contribution in [0.4, 0.5) is 5.82 Å². The third-order valence-corrected chi connectivity index (χ3v) is 6.18. The minimum Gasteiger partial charge on any atom is -0.496 e. The van der Waals surface area contributed by atoms with Gasteiger partial charge in [0.15, 0.2) is 5.82 Å². The Bertz CT molecular complexity index is 1080. The zero-order chi connectivity index (χ0) is 22.4. The van der Waals surface area contributed by atoms with E-state index in [-0.39, 0.29) is 11.1 Å². The second kappa shape index (κ2) is 7.92. The van der Waals surface area contributed by atoms with E-state index in [0.717, 1.165) is 40.8 Å². The third-order valence-electron chi connectivity index (χ3n) is 5.97. The summed E-state index contributed by atoms with van der Waals surface area (Å²) in [6, 6.07) is 10.2. The van der Waals surface area contributed by atoms with Crippen LogP contribution in [0.3, 0.4) is 0 Å². The molecule has 3 aromatic rings. The fraction of sp³-hybridized carbons (Fsp3) is 0.458. The largest absolute Gasteiger partial charge is 0.496 e. The standard InChI is InChI=1S/C24H30ClN5O/c1-23(2)12-17(13-24(3,4)29-23)30(5)22-8-7-19(27-28-22)18-10-15-9-16(25)14-26-20(15)11-21(18)31-6/h7-11,14,17,29H,12-13H2,1-6H3. The summed E-state index contributed by atoms with van der Waals surface area (Å²) in [5.74, 6) is 1.58. The van der Waals surface area contributed by atoms with Gasteiger partial charge in [0.05, 0.1) is 23.3 Å². The van der Waals surface area contributed by atoms with E-state index in [1.54, 1.807) is 13.3 Å². The van der Waals surface area contributed by atoms with Gasteiger partial charge in [-0.15, -0.1) is 10.2 Å². The van der Waals surface area contributed by atoms with Crippen LogP contribution in [0.5, 0.6) is 5.75 Å². The molecule has 1 saturated heterocycles. The van der Waals surface area contributed by atoms with E-state index in [1.807, 2.05) is 30.3 Å². The molecule has 0 radical (unpaired) electrons. The van der Waals surface area contributed by atoms with Gasteiger partial charge < -0.3 is 15.0 Å². The Kier molecular flexibility index (Phi) is 5.56. The van der Waals surface area contributed by atoms with Gasteiger partial charge in [-0.3, -0.25) is 4.98 Å². The van der Waals surface area contributed by atoms with Gasteiger partial charge >= 0.3 is 0 Å². The summed E-state index contributed by atoms with van der Waals surface area (Å²) in [5, 5.41) is 14.4. The first-order valence-electron chi connectivity index (χ1n) is 10.6. The number of nitrogens with zero attached hydrogens (tertiary/aromatic N) is 4. The Morgan fingerprint density at radius 2 is 1.77 bits per heavy atom. The fourth-order valence-electron chi connectivity index (χ4n) is 4.89. The van der Waals surface area contributed by atoms with Gasteiger partial charge in [-0.2, -0.15) is 0 Å². The molecule has 7 heteroatoms. The van der Waals surface area contributed by atoms with E-state index < -0.39 is 0 Å². The molecule has 164 valence electrons. The fourth-order valence-corrected chi connectivity index (χ4v) is 5.05. The third kappa shape index (κ3) is 4.60. The molecule has 31 heavy (non-hydrogen) atoms. The minimum atomic E-state index is 0.0712. The van der Waals surface area contributed by atoms with Gasteiger partial charge in [-0.05, 0) is 64.8 Å². The first-order valence-corrected chi connectivity index (χ1v) is 10.9. The molecule has 0 spiro atoms. The quantitative estimate of drug-likeness (QED) is 0.610. The van der Waals surface area contributed by atoms with Crippen molar-refractivity contribution in [3.8, 4) is 17.0 Å². The topological polar surface area (TPSA) is 63.2 Å². The Labute approximate surface area is 189 Å². The second-order valence-corrected chi connectivity index (χ2v) is 10.2. The van der Waals surface area contributed by atoms with Crippen LogP contribution in [0, 0.1) is 0 Å². The van der Waals surface area contributed by atoms with Crippen molar-refractivity contribution >= 4 is 28.3 Å². The number of rotatable bonds is 4. The number of fused-ring (bicyclic) bond motifs is 1. The van der Waals surface area contributed by atoms with E-state index in [4.69, 9.17) is 16.3 Å². The maximum absolute atomic E-state index is 6.13. The molecule has 1 fully saturated rings. The van der Waals surface area contributed by atoms with Crippen LogP contribution in [0.25, 0.3) is 22.2 Å². The Morgan fingerprint density at radius 1 is 1.06 bits per heavy atom. The Balaban J connectivity index is 1.64. The van der Waals surface area contributed by atoms with Gasteiger partial charge in [-0.25, -0.2) is 0 Å². The molecule has 0 atom stereocenters. The number of nitrogens with one attached hydrogen (secondary N) is 1. The van der Waals surface area contributed by atoms with Gasteiger partial charge in [0, 0.05) is 47.4 Å². The summed E-state index contributed by atoms with van der Waals surface area (Å²) in [6.45, 7) is 9.04. The van der Waals surface area contributed by atoms with Crippen LogP contribution in [0.2, 0.25) is 5.02 Å². The van der Waals surface area contributed by atoms with Crippen LogP contribution in [0.1, 0.15) is 40.5 Å². The van der Waals surface area contributed by atoms with E-state index in [1.165, 1.54) is 0 Å². The number of anilines is 1. The predicted molar refractivity (Wildman–Crippen MR) is 127 cm³/mol. The molecule has 4 rings (SSSR count). The van der Waals surface area contributed by atoms with Gasteiger partial charge in [-0.1, -0.05) is 11.6 Å². The number of halogens is 1. The molecular weight excluding hydrogens is 410 g/mol. The summed E-state index contributed by atoms with van der Waals surface area (Å²) in [5.41, 5.74) is 2.58. The molecule has 0 aliphatic carbocycles. The molecule has 2 aromatic heterocycles. The van der Waals surface area contributed by atoms with Crippen molar-refractivity contribution < 1.29 is 4.74 Å². The number of ether oxygens (including phenoxy) is 1. The normalized spacial score (nSPS) is 18.2. The van der Waals surface area contributed by atoms with Gasteiger partial charge in [0.1, 0.15) is 5.75 Å². The Morgan fingerprint density at radius 3 is 2.39 bits per heavy atom. The highest BCUT2D eigenvalue weighted by Crippen LogP contribution is 2.35. The van der Waals surface area contributed by atoms with Crippen molar-refractivity contribution in [1.29, 1.82) is 0 Å². The van der Waals surface area contributed by atoms with Crippen molar-refractivity contribution in [2.75, 3.05) is 19.1 Å². The average molecular weight is 440 g/mol. The predicted octanol–water partition coefficient (Wildman–Crippen LogP) is 5.10. The summed E-state index contributed by atoms with van der Waals surface area (Å²) in [7, 11) is 3.76. The monoisotopic (exact) mass is 439 g/mol. The number of hydrogen-bond donors (Lipinski definition) is 1. The Hall–Kier alpha value is -2.44. The van der Waals surface area contributed by atoms with E-state index in [0.29, 0.717) is 16.8 Å². The zero-order valence-electron chi connectivity index (χ0n) is 19.0. The second-order valence-electron chi connectivity index (χ2n) is 9.74. The van der Waals surface area contributed by atoms with Crippen LogP contribution in [0.15, 0.2) is 36.5 Å². The highest BCUT2D eigenvalue weighted by molar-refractivity contribution is 6.31. The number of benzene rings is 1. The van der Waals surface area contributed by atoms with Crippen LogP contribution < -0.4 is 15.0 Å². The lowest BCUT2D eigenvalue weighted by Gasteiger charge is -2.49. The molecule has 3 heterocycles. The molecule has 0 saturated carbocycles. The van der Waals surface area contributed by atoms with Crippen LogP contribution >= 0.6 is 11.6 Å². The SMILES string of the molecule is COc1cc2ncc(Cl)cc2cc1-c1ccc(N(C)C2CC(C)(C)NC(C)(C)C2)nn1. The number of piperidine rings is 1. The van der Waals surface area contributed by atoms with E-state index >= 15 is 0 Å². The summed E-state index contributed by atoms with van der Waals surface area (Å²) in [4.78, 5) is 6.63. The molecule has 6 nitrogen and oxygen atoms in total. The lowest BCUT2D eigenvalue weighted by atomic mass is 9.79. The first kappa shape index (κ1) is 21.8.